The first kappa shape index (κ1) is 13.6. The molecular formula is C19H23N4P. The molecule has 1 aromatic carbocycles. The van der Waals surface area contributed by atoms with Crippen molar-refractivity contribution in [1.29, 1.82) is 0 Å². The summed E-state index contributed by atoms with van der Waals surface area (Å²) in [7, 11) is 5.55. The molecule has 4 nitrogen and oxygen atoms in total. The Morgan fingerprint density at radius 3 is 2.08 bits per heavy atom. The van der Waals surface area contributed by atoms with Gasteiger partial charge in [-0.25, -0.2) is 0 Å². The Kier molecular flexibility index (Phi) is 2.14. The summed E-state index contributed by atoms with van der Waals surface area (Å²) in [5.74, 6) is 0. The highest BCUT2D eigenvalue weighted by Crippen LogP contribution is 2.80. The van der Waals surface area contributed by atoms with E-state index in [2.05, 4.69) is 84.4 Å². The molecule has 124 valence electrons. The Labute approximate surface area is 145 Å². The summed E-state index contributed by atoms with van der Waals surface area (Å²) in [6, 6.07) is 8.90. The highest BCUT2D eigenvalue weighted by atomic mass is 31.1. The number of rotatable bonds is 1. The van der Waals surface area contributed by atoms with Crippen LogP contribution in [0.15, 0.2) is 36.7 Å². The lowest BCUT2D eigenvalue weighted by atomic mass is 9.82. The molecule has 5 heteroatoms. The Bertz CT molecular complexity index is 848. The first-order chi connectivity index (χ1) is 11.5. The summed E-state index contributed by atoms with van der Waals surface area (Å²) >= 11 is 0. The van der Waals surface area contributed by atoms with Gasteiger partial charge in [0.1, 0.15) is 12.3 Å². The first-order valence-corrected chi connectivity index (χ1v) is 9.88. The Hall–Kier alpha value is -1.67. The normalized spacial score (nSPS) is 41.2. The number of hydrogen-bond acceptors (Lipinski definition) is 4. The van der Waals surface area contributed by atoms with E-state index >= 15 is 0 Å². The van der Waals surface area contributed by atoms with Crippen molar-refractivity contribution in [3.05, 3.63) is 47.8 Å². The minimum atomic E-state index is 0.375. The van der Waals surface area contributed by atoms with E-state index in [1.807, 2.05) is 0 Å². The third-order valence-corrected chi connectivity index (χ3v) is 9.50. The molecule has 0 spiro atoms. The largest absolute Gasteiger partial charge is 0.356 e. The van der Waals surface area contributed by atoms with Gasteiger partial charge in [-0.15, -0.1) is 0 Å². The van der Waals surface area contributed by atoms with E-state index in [0.29, 0.717) is 22.6 Å². The van der Waals surface area contributed by atoms with Gasteiger partial charge < -0.3 is 9.80 Å². The molecule has 0 aromatic heterocycles. The summed E-state index contributed by atoms with van der Waals surface area (Å²) in [6.07, 6.45) is 6.91. The van der Waals surface area contributed by atoms with E-state index in [4.69, 9.17) is 0 Å². The molecule has 0 radical (unpaired) electrons. The quantitative estimate of drug-likeness (QED) is 0.730. The molecule has 0 aliphatic carbocycles. The van der Waals surface area contributed by atoms with E-state index < -0.39 is 0 Å². The van der Waals surface area contributed by atoms with Gasteiger partial charge in [-0.3, -0.25) is 10.0 Å². The average molecular weight is 338 g/mol. The second-order valence-electron chi connectivity index (χ2n) is 7.99. The highest BCUT2D eigenvalue weighted by molar-refractivity contribution is 7.52. The molecular weight excluding hydrogens is 315 g/mol. The Morgan fingerprint density at radius 1 is 0.958 bits per heavy atom. The third-order valence-electron chi connectivity index (χ3n) is 6.95. The van der Waals surface area contributed by atoms with Gasteiger partial charge in [0.25, 0.3) is 0 Å². The van der Waals surface area contributed by atoms with E-state index in [9.17, 15) is 0 Å². The SMILES string of the molecule is CCC12PC1(C)C1N(C)C=C3c4ccccc4C4=CN(C)C2N4N31. The fraction of sp³-hybridized carbons (Fsp3) is 0.474. The van der Waals surface area contributed by atoms with Crippen LogP contribution >= 0.6 is 8.58 Å². The molecule has 5 aliphatic heterocycles. The molecule has 2 saturated heterocycles. The molecule has 24 heavy (non-hydrogen) atoms. The monoisotopic (exact) mass is 338 g/mol. The summed E-state index contributed by atoms with van der Waals surface area (Å²) < 4.78 is 0. The molecule has 5 heterocycles. The third kappa shape index (κ3) is 1.15. The fourth-order valence-electron chi connectivity index (χ4n) is 5.94. The zero-order valence-corrected chi connectivity index (χ0v) is 15.6. The highest BCUT2D eigenvalue weighted by Gasteiger charge is 2.79. The molecule has 1 aromatic rings. The van der Waals surface area contributed by atoms with Crippen LogP contribution in [0, 0.1) is 0 Å². The maximum Gasteiger partial charge on any atom is 0.131 e. The van der Waals surface area contributed by atoms with Gasteiger partial charge in [0.15, 0.2) is 0 Å². The van der Waals surface area contributed by atoms with Gasteiger partial charge in [0.2, 0.25) is 0 Å². The van der Waals surface area contributed by atoms with Crippen LogP contribution in [0.5, 0.6) is 0 Å². The number of hydrazine groups is 1. The van der Waals surface area contributed by atoms with Gasteiger partial charge in [0, 0.05) is 47.9 Å². The smallest absolute Gasteiger partial charge is 0.131 e. The van der Waals surface area contributed by atoms with Gasteiger partial charge >= 0.3 is 0 Å². The van der Waals surface area contributed by atoms with Crippen LogP contribution in [0.4, 0.5) is 0 Å². The molecule has 5 aliphatic rings. The second kappa shape index (κ2) is 3.77. The van der Waals surface area contributed by atoms with Gasteiger partial charge in [-0.1, -0.05) is 46.7 Å². The second-order valence-corrected chi connectivity index (χ2v) is 10.2. The lowest BCUT2D eigenvalue weighted by Crippen LogP contribution is -2.69. The molecule has 0 bridgehead atoms. The Balaban J connectivity index is 1.66. The summed E-state index contributed by atoms with van der Waals surface area (Å²) in [6.45, 7) is 4.91. The summed E-state index contributed by atoms with van der Waals surface area (Å²) in [4.78, 5) is 4.94. The predicted molar refractivity (Wildman–Crippen MR) is 98.9 cm³/mol. The molecule has 0 saturated carbocycles. The van der Waals surface area contributed by atoms with Crippen LogP contribution in [0.3, 0.4) is 0 Å². The maximum absolute atomic E-state index is 2.62. The van der Waals surface area contributed by atoms with Crippen molar-refractivity contribution in [3.63, 3.8) is 0 Å². The van der Waals surface area contributed by atoms with Crippen LogP contribution in [-0.4, -0.2) is 56.6 Å². The minimum Gasteiger partial charge on any atom is -0.356 e. The van der Waals surface area contributed by atoms with Gasteiger partial charge in [-0.05, 0) is 6.42 Å². The minimum absolute atomic E-state index is 0.375. The van der Waals surface area contributed by atoms with Crippen LogP contribution in [0.1, 0.15) is 31.4 Å². The first-order valence-electron chi connectivity index (χ1n) is 8.88. The molecule has 2 fully saturated rings. The topological polar surface area (TPSA) is 13.0 Å². The molecule has 0 N–H and O–H groups in total. The van der Waals surface area contributed by atoms with Crippen molar-refractivity contribution in [2.45, 2.75) is 42.9 Å². The Morgan fingerprint density at radius 2 is 1.50 bits per heavy atom. The molecule has 5 unspecified atom stereocenters. The zero-order valence-electron chi connectivity index (χ0n) is 14.6. The number of fused-ring (bicyclic) bond motifs is 6. The fourth-order valence-corrected chi connectivity index (χ4v) is 8.33. The van der Waals surface area contributed by atoms with E-state index in [-0.39, 0.29) is 0 Å². The number of nitrogens with zero attached hydrogens (tertiary/aromatic N) is 4. The standard InChI is InChI=1S/C19H23N4P/c1-5-19-17-21(4)11-15-13-9-7-6-8-12(13)14-10-20(3)16(18(19,2)24-19)22(14)23(15)17/h6-11,16-17,24H,5H2,1-4H3. The van der Waals surface area contributed by atoms with Crippen LogP contribution in [0.2, 0.25) is 0 Å². The average Bonchev–Trinajstić information content (AvgIpc) is 2.85. The molecule has 5 atom stereocenters. The zero-order chi connectivity index (χ0) is 16.4. The number of benzene rings is 1. The van der Waals surface area contributed by atoms with E-state index in [1.54, 1.807) is 0 Å². The van der Waals surface area contributed by atoms with E-state index in [0.717, 1.165) is 8.58 Å². The lowest BCUT2D eigenvalue weighted by molar-refractivity contribution is -0.0998. The molecule has 6 rings (SSSR count). The van der Waals surface area contributed by atoms with Crippen LogP contribution in [0.25, 0.3) is 11.4 Å². The van der Waals surface area contributed by atoms with Crippen molar-refractivity contribution < 1.29 is 0 Å². The van der Waals surface area contributed by atoms with Crippen LogP contribution in [-0.2, 0) is 0 Å². The van der Waals surface area contributed by atoms with Crippen molar-refractivity contribution in [2.75, 3.05) is 14.1 Å². The maximum atomic E-state index is 2.62. The van der Waals surface area contributed by atoms with Crippen molar-refractivity contribution in [1.82, 2.24) is 19.8 Å². The summed E-state index contributed by atoms with van der Waals surface area (Å²) in [5, 5.41) is 6.01. The van der Waals surface area contributed by atoms with Crippen molar-refractivity contribution in [3.8, 4) is 0 Å². The van der Waals surface area contributed by atoms with Crippen molar-refractivity contribution >= 4 is 20.0 Å². The predicted octanol–water partition coefficient (Wildman–Crippen LogP) is 2.97. The lowest BCUT2D eigenvalue weighted by Gasteiger charge is -2.56. The van der Waals surface area contributed by atoms with Gasteiger partial charge in [-0.2, -0.15) is 0 Å². The summed E-state index contributed by atoms with van der Waals surface area (Å²) in [5.41, 5.74) is 5.50. The molecule has 0 amide bonds. The van der Waals surface area contributed by atoms with Crippen molar-refractivity contribution in [2.24, 2.45) is 0 Å². The van der Waals surface area contributed by atoms with E-state index in [1.165, 1.54) is 28.9 Å². The van der Waals surface area contributed by atoms with Crippen LogP contribution < -0.4 is 0 Å². The number of hydrogen-bond donors (Lipinski definition) is 0. The van der Waals surface area contributed by atoms with Gasteiger partial charge in [0.05, 0.1) is 11.4 Å².